The first-order chi connectivity index (χ1) is 14.6. The minimum atomic E-state index is -0.248. The Hall–Kier alpha value is -3.03. The van der Waals surface area contributed by atoms with Crippen molar-refractivity contribution in [3.05, 3.63) is 83.2 Å². The van der Waals surface area contributed by atoms with Crippen LogP contribution in [0, 0.1) is 19.7 Å². The summed E-state index contributed by atoms with van der Waals surface area (Å²) in [5.41, 5.74) is 6.12. The molecule has 156 valence electrons. The lowest BCUT2D eigenvalue weighted by Crippen LogP contribution is -2.25. The molecule has 0 aliphatic heterocycles. The number of fused-ring (bicyclic) bond motifs is 1. The molecule has 1 unspecified atom stereocenters. The van der Waals surface area contributed by atoms with Crippen LogP contribution in [0.5, 0.6) is 0 Å². The fourth-order valence-corrected chi connectivity index (χ4v) is 3.86. The molecule has 7 heteroatoms. The van der Waals surface area contributed by atoms with Gasteiger partial charge < -0.3 is 15.0 Å². The van der Waals surface area contributed by atoms with E-state index in [2.05, 4.69) is 26.0 Å². The Balaban J connectivity index is 1.60. The Kier molecular flexibility index (Phi) is 5.92. The highest BCUT2D eigenvalue weighted by Crippen LogP contribution is 2.21. The van der Waals surface area contributed by atoms with Gasteiger partial charge in [-0.05, 0) is 43.7 Å². The monoisotopic (exact) mass is 407 g/mol. The largest absolute Gasteiger partial charge is 0.394 e. The van der Waals surface area contributed by atoms with Crippen LogP contribution in [-0.2, 0) is 19.6 Å². The third-order valence-electron chi connectivity index (χ3n) is 5.55. The smallest absolute Gasteiger partial charge is 0.123 e. The van der Waals surface area contributed by atoms with Gasteiger partial charge in [0.1, 0.15) is 5.82 Å². The van der Waals surface area contributed by atoms with Crippen molar-refractivity contribution in [2.24, 2.45) is 0 Å². The minimum absolute atomic E-state index is 0.0387. The second-order valence-corrected chi connectivity index (χ2v) is 7.47. The summed E-state index contributed by atoms with van der Waals surface area (Å²) in [5, 5.41) is 17.4. The maximum absolute atomic E-state index is 13.5. The van der Waals surface area contributed by atoms with Crippen LogP contribution in [0.15, 0.2) is 54.9 Å². The maximum atomic E-state index is 13.5. The number of para-hydroxylation sites is 2. The highest BCUT2D eigenvalue weighted by Gasteiger charge is 2.17. The topological polar surface area (TPSA) is 67.9 Å². The van der Waals surface area contributed by atoms with Gasteiger partial charge in [0.25, 0.3) is 0 Å². The van der Waals surface area contributed by atoms with Crippen molar-refractivity contribution < 1.29 is 9.50 Å². The predicted octanol–water partition coefficient (Wildman–Crippen LogP) is 3.51. The molecule has 2 heterocycles. The van der Waals surface area contributed by atoms with Crippen molar-refractivity contribution in [3.63, 3.8) is 0 Å². The lowest BCUT2D eigenvalue weighted by molar-refractivity contribution is 0.267. The fraction of sp³-hybridized carbons (Fsp3) is 0.304. The Labute approximate surface area is 175 Å². The number of benzene rings is 2. The number of imidazole rings is 1. The number of nitrogens with zero attached hydrogens (tertiary/aromatic N) is 4. The van der Waals surface area contributed by atoms with E-state index in [4.69, 9.17) is 0 Å². The lowest BCUT2D eigenvalue weighted by atomic mass is 10.1. The van der Waals surface area contributed by atoms with E-state index in [1.807, 2.05) is 55.2 Å². The first-order valence-corrected chi connectivity index (χ1v) is 10.1. The molecule has 2 N–H and O–H groups in total. The van der Waals surface area contributed by atoms with Gasteiger partial charge in [0.15, 0.2) is 0 Å². The standard InChI is InChI=1S/C23H26FN5O/c1-16-20(17(2)29(27-16)11-12-30)13-25-22(18-7-9-19(24)10-8-18)14-28-15-26-21-5-3-4-6-23(21)28/h3-10,15,22,25,30H,11-14H2,1-2H3. The first kappa shape index (κ1) is 20.3. The molecule has 0 amide bonds. The van der Waals surface area contributed by atoms with E-state index in [0.29, 0.717) is 19.6 Å². The molecule has 0 aliphatic rings. The number of nitrogens with one attached hydrogen (secondary N) is 1. The summed E-state index contributed by atoms with van der Waals surface area (Å²) in [5.74, 6) is -0.248. The van der Waals surface area contributed by atoms with Crippen LogP contribution in [0.2, 0.25) is 0 Å². The van der Waals surface area contributed by atoms with Crippen LogP contribution >= 0.6 is 0 Å². The number of rotatable bonds is 8. The number of aliphatic hydroxyl groups excluding tert-OH is 1. The van der Waals surface area contributed by atoms with E-state index in [1.54, 1.807) is 0 Å². The van der Waals surface area contributed by atoms with Crippen molar-refractivity contribution in [2.45, 2.75) is 39.5 Å². The number of aryl methyl sites for hydroxylation is 1. The van der Waals surface area contributed by atoms with Crippen LogP contribution in [0.25, 0.3) is 11.0 Å². The van der Waals surface area contributed by atoms with Gasteiger partial charge in [0.2, 0.25) is 0 Å². The van der Waals surface area contributed by atoms with Crippen molar-refractivity contribution in [3.8, 4) is 0 Å². The van der Waals surface area contributed by atoms with Gasteiger partial charge in [-0.3, -0.25) is 4.68 Å². The van der Waals surface area contributed by atoms with Crippen LogP contribution in [0.1, 0.15) is 28.6 Å². The summed E-state index contributed by atoms with van der Waals surface area (Å²) < 4.78 is 17.5. The van der Waals surface area contributed by atoms with Gasteiger partial charge in [0.05, 0.1) is 42.2 Å². The van der Waals surface area contributed by atoms with E-state index >= 15 is 0 Å². The zero-order chi connectivity index (χ0) is 21.1. The predicted molar refractivity (Wildman–Crippen MR) is 115 cm³/mol. The van der Waals surface area contributed by atoms with Gasteiger partial charge in [-0.25, -0.2) is 9.37 Å². The molecule has 0 aliphatic carbocycles. The SMILES string of the molecule is Cc1nn(CCO)c(C)c1CNC(Cn1cnc2ccccc21)c1ccc(F)cc1. The molecule has 2 aromatic carbocycles. The van der Waals surface area contributed by atoms with Gasteiger partial charge in [-0.2, -0.15) is 5.10 Å². The van der Waals surface area contributed by atoms with Crippen LogP contribution in [0.4, 0.5) is 4.39 Å². The zero-order valence-corrected chi connectivity index (χ0v) is 17.2. The van der Waals surface area contributed by atoms with Crippen molar-refractivity contribution >= 4 is 11.0 Å². The molecule has 4 aromatic rings. The highest BCUT2D eigenvalue weighted by molar-refractivity contribution is 5.74. The summed E-state index contributed by atoms with van der Waals surface area (Å²) in [6.45, 7) is 5.82. The molecule has 0 saturated heterocycles. The van der Waals surface area contributed by atoms with Gasteiger partial charge in [-0.15, -0.1) is 0 Å². The fourth-order valence-electron chi connectivity index (χ4n) is 3.86. The Morgan fingerprint density at radius 1 is 1.10 bits per heavy atom. The quantitative estimate of drug-likeness (QED) is 0.469. The summed E-state index contributed by atoms with van der Waals surface area (Å²) >= 11 is 0. The average Bonchev–Trinajstić information content (AvgIpc) is 3.27. The molecule has 0 bridgehead atoms. The Morgan fingerprint density at radius 2 is 1.87 bits per heavy atom. The molecule has 0 fully saturated rings. The van der Waals surface area contributed by atoms with Gasteiger partial charge in [-0.1, -0.05) is 24.3 Å². The van der Waals surface area contributed by atoms with E-state index in [1.165, 1.54) is 12.1 Å². The summed E-state index contributed by atoms with van der Waals surface area (Å²) in [6.07, 6.45) is 1.85. The lowest BCUT2D eigenvalue weighted by Gasteiger charge is -2.21. The second-order valence-electron chi connectivity index (χ2n) is 7.47. The molecule has 0 radical (unpaired) electrons. The summed E-state index contributed by atoms with van der Waals surface area (Å²) in [6, 6.07) is 14.6. The maximum Gasteiger partial charge on any atom is 0.123 e. The molecule has 0 spiro atoms. The van der Waals surface area contributed by atoms with Crippen LogP contribution in [0.3, 0.4) is 0 Å². The average molecular weight is 407 g/mol. The summed E-state index contributed by atoms with van der Waals surface area (Å²) in [4.78, 5) is 4.49. The van der Waals surface area contributed by atoms with Crippen LogP contribution in [-0.4, -0.2) is 31.0 Å². The normalized spacial score (nSPS) is 12.5. The number of hydrogen-bond donors (Lipinski definition) is 2. The molecule has 6 nitrogen and oxygen atoms in total. The van der Waals surface area contributed by atoms with Crippen molar-refractivity contribution in [2.75, 3.05) is 6.61 Å². The molecule has 0 saturated carbocycles. The number of aromatic nitrogens is 4. The first-order valence-electron chi connectivity index (χ1n) is 10.1. The van der Waals surface area contributed by atoms with E-state index in [9.17, 15) is 9.50 Å². The molecule has 4 rings (SSSR count). The van der Waals surface area contributed by atoms with Crippen molar-refractivity contribution in [1.82, 2.24) is 24.6 Å². The second kappa shape index (κ2) is 8.77. The van der Waals surface area contributed by atoms with Crippen LogP contribution < -0.4 is 5.32 Å². The van der Waals surface area contributed by atoms with Gasteiger partial charge >= 0.3 is 0 Å². The number of hydrogen-bond acceptors (Lipinski definition) is 4. The zero-order valence-electron chi connectivity index (χ0n) is 17.2. The van der Waals surface area contributed by atoms with Crippen molar-refractivity contribution in [1.29, 1.82) is 0 Å². The summed E-state index contributed by atoms with van der Waals surface area (Å²) in [7, 11) is 0. The van der Waals surface area contributed by atoms with E-state index in [-0.39, 0.29) is 18.5 Å². The molecular weight excluding hydrogens is 381 g/mol. The molecule has 2 aromatic heterocycles. The van der Waals surface area contributed by atoms with E-state index in [0.717, 1.165) is 33.5 Å². The molecule has 1 atom stereocenters. The third-order valence-corrected chi connectivity index (χ3v) is 5.55. The Bertz CT molecular complexity index is 1130. The number of aliphatic hydroxyl groups is 1. The molecule has 30 heavy (non-hydrogen) atoms. The molecular formula is C23H26FN5O. The minimum Gasteiger partial charge on any atom is -0.394 e. The Morgan fingerprint density at radius 3 is 2.63 bits per heavy atom. The third kappa shape index (κ3) is 4.13. The highest BCUT2D eigenvalue weighted by atomic mass is 19.1. The van der Waals surface area contributed by atoms with Gasteiger partial charge in [0, 0.05) is 24.3 Å². The number of halogens is 1. The van der Waals surface area contributed by atoms with E-state index < -0.39 is 0 Å².